The first-order valence-corrected chi connectivity index (χ1v) is 10.9. The van der Waals surface area contributed by atoms with E-state index in [9.17, 15) is 30.0 Å². The van der Waals surface area contributed by atoms with E-state index in [-0.39, 0.29) is 46.3 Å². The zero-order valence-corrected chi connectivity index (χ0v) is 19.1. The summed E-state index contributed by atoms with van der Waals surface area (Å²) >= 11 is 0. The van der Waals surface area contributed by atoms with E-state index in [0.717, 1.165) is 24.5 Å². The highest BCUT2D eigenvalue weighted by Gasteiger charge is 2.32. The van der Waals surface area contributed by atoms with E-state index >= 15 is 0 Å². The Morgan fingerprint density at radius 1 is 1.18 bits per heavy atom. The van der Waals surface area contributed by atoms with Crippen molar-refractivity contribution in [3.8, 4) is 23.0 Å². The van der Waals surface area contributed by atoms with E-state index < -0.39 is 11.7 Å². The van der Waals surface area contributed by atoms with Gasteiger partial charge in [-0.15, -0.1) is 0 Å². The second kappa shape index (κ2) is 9.67. The first-order valence-electron chi connectivity index (χ1n) is 10.9. The van der Waals surface area contributed by atoms with Crippen LogP contribution in [0.2, 0.25) is 0 Å². The molecular formula is C26H30O7. The van der Waals surface area contributed by atoms with Gasteiger partial charge in [0, 0.05) is 12.1 Å². The van der Waals surface area contributed by atoms with Gasteiger partial charge >= 0.3 is 0 Å². The number of rotatable bonds is 8. The molecule has 0 aromatic heterocycles. The van der Waals surface area contributed by atoms with Crippen LogP contribution in [0.3, 0.4) is 0 Å². The van der Waals surface area contributed by atoms with Crippen LogP contribution in [0, 0.1) is 0 Å². The quantitative estimate of drug-likeness (QED) is 0.335. The molecule has 1 aliphatic heterocycles. The molecule has 0 saturated heterocycles. The maximum Gasteiger partial charge on any atom is 0.174 e. The number of benzene rings is 2. The van der Waals surface area contributed by atoms with Crippen molar-refractivity contribution in [2.45, 2.75) is 64.6 Å². The summed E-state index contributed by atoms with van der Waals surface area (Å²) in [6, 6.07) is 5.38. The number of ether oxygens (including phenoxy) is 1. The Labute approximate surface area is 193 Å². The van der Waals surface area contributed by atoms with Gasteiger partial charge in [0.2, 0.25) is 0 Å². The van der Waals surface area contributed by atoms with Gasteiger partial charge in [0.05, 0.1) is 17.6 Å². The Kier molecular flexibility index (Phi) is 7.12. The maximum absolute atomic E-state index is 12.7. The summed E-state index contributed by atoms with van der Waals surface area (Å²) in [5.74, 6) is -1.02. The van der Waals surface area contributed by atoms with Crippen LogP contribution < -0.4 is 4.74 Å². The van der Waals surface area contributed by atoms with E-state index in [4.69, 9.17) is 4.74 Å². The number of hydrogen-bond acceptors (Lipinski definition) is 7. The first kappa shape index (κ1) is 24.3. The van der Waals surface area contributed by atoms with Crippen molar-refractivity contribution >= 4 is 12.1 Å². The standard InChI is InChI=1S/C26H30O7/c1-15(5-4-10-26(2,3)32)6-7-17-18(8-9-20(29)19(17)14-27)23-13-22(31)25-21(30)11-16(28)12-24(25)33-23/h6,8-9,11-12,14,23,28-30,32H,4-5,7,10,13H2,1-3H3/b15-6+/t23-/m0/s1. The number of phenols is 3. The number of fused-ring (bicyclic) bond motifs is 1. The summed E-state index contributed by atoms with van der Waals surface area (Å²) in [4.78, 5) is 24.5. The fourth-order valence-electron chi connectivity index (χ4n) is 4.11. The molecule has 0 radical (unpaired) electrons. The molecule has 4 N–H and O–H groups in total. The number of phenolic OH excluding ortho intramolecular Hbond substituents is 3. The highest BCUT2D eigenvalue weighted by Crippen LogP contribution is 2.43. The fourth-order valence-corrected chi connectivity index (χ4v) is 4.11. The minimum atomic E-state index is -0.746. The van der Waals surface area contributed by atoms with Crippen LogP contribution in [-0.2, 0) is 6.42 Å². The minimum absolute atomic E-state index is 0.0162. The van der Waals surface area contributed by atoms with Crippen molar-refractivity contribution in [2.75, 3.05) is 0 Å². The SMILES string of the molecule is C/C(=C\Cc1c([C@@H]2CC(=O)c3c(O)cc(O)cc3O2)ccc(O)c1C=O)CCCC(C)(C)O. The third-order valence-electron chi connectivity index (χ3n) is 5.83. The van der Waals surface area contributed by atoms with Gasteiger partial charge in [0.1, 0.15) is 34.7 Å². The largest absolute Gasteiger partial charge is 0.508 e. The highest BCUT2D eigenvalue weighted by atomic mass is 16.5. The zero-order valence-electron chi connectivity index (χ0n) is 19.1. The number of allylic oxidation sites excluding steroid dienone is 2. The Morgan fingerprint density at radius 2 is 1.91 bits per heavy atom. The number of ketones is 1. The van der Waals surface area contributed by atoms with Crippen molar-refractivity contribution in [3.63, 3.8) is 0 Å². The fraction of sp³-hybridized carbons (Fsp3) is 0.385. The third kappa shape index (κ3) is 5.73. The van der Waals surface area contributed by atoms with Crippen LogP contribution in [0.15, 0.2) is 35.9 Å². The van der Waals surface area contributed by atoms with Gasteiger partial charge in [-0.3, -0.25) is 9.59 Å². The Balaban J connectivity index is 1.91. The molecular weight excluding hydrogens is 424 g/mol. The summed E-state index contributed by atoms with van der Waals surface area (Å²) in [6.07, 6.45) is 4.33. The smallest absolute Gasteiger partial charge is 0.174 e. The van der Waals surface area contributed by atoms with Gasteiger partial charge in [-0.25, -0.2) is 0 Å². The van der Waals surface area contributed by atoms with E-state index in [1.165, 1.54) is 12.1 Å². The van der Waals surface area contributed by atoms with Crippen LogP contribution in [0.4, 0.5) is 0 Å². The minimum Gasteiger partial charge on any atom is -0.508 e. The number of aromatic hydroxyl groups is 3. The Morgan fingerprint density at radius 3 is 2.58 bits per heavy atom. The average Bonchev–Trinajstić information content (AvgIpc) is 2.70. The molecule has 0 amide bonds. The maximum atomic E-state index is 12.7. The summed E-state index contributed by atoms with van der Waals surface area (Å²) in [7, 11) is 0. The van der Waals surface area contributed by atoms with Crippen LogP contribution in [0.25, 0.3) is 0 Å². The lowest BCUT2D eigenvalue weighted by molar-refractivity contribution is 0.0689. The summed E-state index contributed by atoms with van der Waals surface area (Å²) in [6.45, 7) is 5.50. The lowest BCUT2D eigenvalue weighted by Crippen LogP contribution is -2.22. The van der Waals surface area contributed by atoms with E-state index in [2.05, 4.69) is 0 Å². The molecule has 1 atom stereocenters. The monoisotopic (exact) mass is 454 g/mol. The zero-order chi connectivity index (χ0) is 24.3. The lowest BCUT2D eigenvalue weighted by atomic mass is 9.89. The van der Waals surface area contributed by atoms with Crippen molar-refractivity contribution in [1.29, 1.82) is 0 Å². The molecule has 0 aliphatic carbocycles. The molecule has 0 bridgehead atoms. The lowest BCUT2D eigenvalue weighted by Gasteiger charge is -2.28. The topological polar surface area (TPSA) is 124 Å². The number of Topliss-reactive ketones (excluding diaryl/α,β-unsaturated/α-hetero) is 1. The molecule has 33 heavy (non-hydrogen) atoms. The Bertz CT molecular complexity index is 1090. The number of aliphatic hydroxyl groups is 1. The molecule has 0 spiro atoms. The summed E-state index contributed by atoms with van der Waals surface area (Å²) in [5, 5.41) is 40.0. The molecule has 0 unspecified atom stereocenters. The second-order valence-corrected chi connectivity index (χ2v) is 9.18. The van der Waals surface area contributed by atoms with Crippen molar-refractivity contribution in [1.82, 2.24) is 0 Å². The molecule has 0 fully saturated rings. The first-order chi connectivity index (χ1) is 15.5. The van der Waals surface area contributed by atoms with E-state index in [1.807, 2.05) is 13.0 Å². The highest BCUT2D eigenvalue weighted by molar-refractivity contribution is 6.02. The molecule has 0 saturated carbocycles. The van der Waals surface area contributed by atoms with Crippen molar-refractivity contribution in [2.24, 2.45) is 0 Å². The normalized spacial score (nSPS) is 16.3. The predicted molar refractivity (Wildman–Crippen MR) is 123 cm³/mol. The van der Waals surface area contributed by atoms with Crippen molar-refractivity contribution < 1.29 is 34.8 Å². The molecule has 176 valence electrons. The van der Waals surface area contributed by atoms with Crippen LogP contribution in [0.1, 0.15) is 84.4 Å². The second-order valence-electron chi connectivity index (χ2n) is 9.18. The number of carbonyl (C=O) groups excluding carboxylic acids is 2. The average molecular weight is 455 g/mol. The molecule has 1 aliphatic rings. The number of aldehydes is 1. The molecule has 7 nitrogen and oxygen atoms in total. The van der Waals surface area contributed by atoms with Gasteiger partial charge in [0.25, 0.3) is 0 Å². The number of carbonyl (C=O) groups is 2. The van der Waals surface area contributed by atoms with E-state index in [0.29, 0.717) is 30.3 Å². The Hall–Kier alpha value is -3.32. The number of hydrogen-bond donors (Lipinski definition) is 4. The van der Waals surface area contributed by atoms with Crippen LogP contribution in [0.5, 0.6) is 23.0 Å². The summed E-state index contributed by atoms with van der Waals surface area (Å²) in [5.41, 5.74) is 1.63. The van der Waals surface area contributed by atoms with Gasteiger partial charge in [-0.05, 0) is 63.6 Å². The van der Waals surface area contributed by atoms with Gasteiger partial charge in [-0.1, -0.05) is 17.7 Å². The van der Waals surface area contributed by atoms with Crippen molar-refractivity contribution in [3.05, 3.63) is 58.2 Å². The van der Waals surface area contributed by atoms with Crippen LogP contribution in [-0.4, -0.2) is 38.1 Å². The predicted octanol–water partition coefficient (Wildman–Crippen LogP) is 4.75. The molecule has 7 heteroatoms. The molecule has 1 heterocycles. The van der Waals surface area contributed by atoms with Gasteiger partial charge in [0.15, 0.2) is 12.1 Å². The molecule has 2 aromatic rings. The van der Waals surface area contributed by atoms with E-state index in [1.54, 1.807) is 19.9 Å². The van der Waals surface area contributed by atoms with Gasteiger partial charge < -0.3 is 25.2 Å². The third-order valence-corrected chi connectivity index (χ3v) is 5.83. The molecule has 3 rings (SSSR count). The molecule has 2 aromatic carbocycles. The van der Waals surface area contributed by atoms with Gasteiger partial charge in [-0.2, -0.15) is 0 Å². The summed E-state index contributed by atoms with van der Waals surface area (Å²) < 4.78 is 5.95. The van der Waals surface area contributed by atoms with Crippen LogP contribution >= 0.6 is 0 Å².